The van der Waals surface area contributed by atoms with E-state index in [4.69, 9.17) is 5.26 Å². The van der Waals surface area contributed by atoms with E-state index < -0.39 is 0 Å². The molecule has 0 fully saturated rings. The molecule has 1 aromatic heterocycles. The molecule has 98 valence electrons. The highest BCUT2D eigenvalue weighted by Crippen LogP contribution is 2.18. The van der Waals surface area contributed by atoms with E-state index in [1.54, 1.807) is 6.07 Å². The van der Waals surface area contributed by atoms with Gasteiger partial charge < -0.3 is 5.32 Å². The van der Waals surface area contributed by atoms with Crippen molar-refractivity contribution in [3.05, 3.63) is 46.8 Å². The highest BCUT2D eigenvalue weighted by molar-refractivity contribution is 5.43. The third kappa shape index (κ3) is 2.67. The molecule has 1 aromatic carbocycles. The van der Waals surface area contributed by atoms with Gasteiger partial charge in [0.2, 0.25) is 0 Å². The average molecular weight is 254 g/mol. The van der Waals surface area contributed by atoms with Crippen LogP contribution in [0.2, 0.25) is 0 Å². The maximum atomic E-state index is 8.96. The predicted octanol–water partition coefficient (Wildman–Crippen LogP) is 2.47. The second-order valence-electron chi connectivity index (χ2n) is 4.50. The lowest BCUT2D eigenvalue weighted by atomic mass is 10.2. The second kappa shape index (κ2) is 5.68. The van der Waals surface area contributed by atoms with Crippen LogP contribution in [0.3, 0.4) is 0 Å². The summed E-state index contributed by atoms with van der Waals surface area (Å²) in [5.41, 5.74) is 4.96. The molecule has 2 aromatic rings. The number of hydrogen-bond acceptors (Lipinski definition) is 3. The quantitative estimate of drug-likeness (QED) is 0.912. The molecule has 4 heteroatoms. The number of nitrogens with one attached hydrogen (secondary N) is 1. The minimum Gasteiger partial charge on any atom is -0.313 e. The van der Waals surface area contributed by atoms with Crippen molar-refractivity contribution in [2.24, 2.45) is 0 Å². The molecule has 19 heavy (non-hydrogen) atoms. The summed E-state index contributed by atoms with van der Waals surface area (Å²) in [5, 5.41) is 16.9. The van der Waals surface area contributed by atoms with Gasteiger partial charge in [-0.3, -0.25) is 0 Å². The Morgan fingerprint density at radius 2 is 2.16 bits per heavy atom. The summed E-state index contributed by atoms with van der Waals surface area (Å²) in [6.07, 6.45) is 0. The molecule has 0 bridgehead atoms. The lowest BCUT2D eigenvalue weighted by Gasteiger charge is -2.06. The normalized spacial score (nSPS) is 10.4. The van der Waals surface area contributed by atoms with Gasteiger partial charge in [0.1, 0.15) is 0 Å². The Morgan fingerprint density at radius 1 is 1.37 bits per heavy atom. The van der Waals surface area contributed by atoms with Gasteiger partial charge >= 0.3 is 0 Å². The molecule has 0 unspecified atom stereocenters. The molecule has 0 amide bonds. The Labute approximate surface area is 113 Å². The van der Waals surface area contributed by atoms with Crippen LogP contribution in [0.1, 0.15) is 29.4 Å². The zero-order valence-electron chi connectivity index (χ0n) is 11.6. The molecule has 1 N–H and O–H groups in total. The molecule has 0 aliphatic rings. The van der Waals surface area contributed by atoms with Crippen molar-refractivity contribution < 1.29 is 0 Å². The van der Waals surface area contributed by atoms with Crippen molar-refractivity contribution in [1.29, 1.82) is 5.26 Å². The van der Waals surface area contributed by atoms with Gasteiger partial charge in [-0.15, -0.1) is 0 Å². The summed E-state index contributed by atoms with van der Waals surface area (Å²) < 4.78 is 1.91. The van der Waals surface area contributed by atoms with Gasteiger partial charge in [-0.1, -0.05) is 13.0 Å². The Morgan fingerprint density at radius 3 is 2.84 bits per heavy atom. The number of aryl methyl sites for hydroxylation is 1. The van der Waals surface area contributed by atoms with E-state index in [0.29, 0.717) is 5.56 Å². The first-order valence-corrected chi connectivity index (χ1v) is 6.43. The third-order valence-corrected chi connectivity index (χ3v) is 3.21. The van der Waals surface area contributed by atoms with Gasteiger partial charge in [-0.2, -0.15) is 10.4 Å². The molecule has 0 radical (unpaired) electrons. The largest absolute Gasteiger partial charge is 0.313 e. The van der Waals surface area contributed by atoms with Crippen molar-refractivity contribution >= 4 is 0 Å². The van der Waals surface area contributed by atoms with Gasteiger partial charge in [0.05, 0.1) is 23.0 Å². The Bertz CT molecular complexity index is 620. The van der Waals surface area contributed by atoms with Crippen LogP contribution in [0, 0.1) is 25.2 Å². The first-order chi connectivity index (χ1) is 9.17. The van der Waals surface area contributed by atoms with Gasteiger partial charge in [-0.25, -0.2) is 4.68 Å². The average Bonchev–Trinajstić information content (AvgIpc) is 2.72. The van der Waals surface area contributed by atoms with Gasteiger partial charge in [0, 0.05) is 17.8 Å². The Balaban J connectivity index is 2.43. The maximum absolute atomic E-state index is 8.96. The van der Waals surface area contributed by atoms with E-state index in [2.05, 4.69) is 30.3 Å². The fourth-order valence-corrected chi connectivity index (χ4v) is 2.14. The lowest BCUT2D eigenvalue weighted by molar-refractivity contribution is 0.719. The number of hydrogen-bond donors (Lipinski definition) is 1. The minimum atomic E-state index is 0.651. The first-order valence-electron chi connectivity index (χ1n) is 6.43. The molecule has 0 aliphatic carbocycles. The zero-order chi connectivity index (χ0) is 13.8. The molecule has 2 rings (SSSR count). The van der Waals surface area contributed by atoms with Crippen molar-refractivity contribution in [3.8, 4) is 11.8 Å². The van der Waals surface area contributed by atoms with Gasteiger partial charge in [0.25, 0.3) is 0 Å². The fourth-order valence-electron chi connectivity index (χ4n) is 2.14. The lowest BCUT2D eigenvalue weighted by Crippen LogP contribution is -2.13. The SMILES string of the molecule is CCNCc1c(C)nn(-c2cccc(C#N)c2)c1C. The molecule has 0 aliphatic heterocycles. The van der Waals surface area contributed by atoms with E-state index in [9.17, 15) is 0 Å². The molecule has 4 nitrogen and oxygen atoms in total. The second-order valence-corrected chi connectivity index (χ2v) is 4.50. The highest BCUT2D eigenvalue weighted by Gasteiger charge is 2.12. The Kier molecular flexibility index (Phi) is 3.98. The molecule has 1 heterocycles. The van der Waals surface area contributed by atoms with Gasteiger partial charge in [0.15, 0.2) is 0 Å². The van der Waals surface area contributed by atoms with Crippen LogP contribution in [-0.4, -0.2) is 16.3 Å². The van der Waals surface area contributed by atoms with Crippen LogP contribution < -0.4 is 5.32 Å². The molecule has 0 atom stereocenters. The summed E-state index contributed by atoms with van der Waals surface area (Å²) in [6.45, 7) is 7.93. The summed E-state index contributed by atoms with van der Waals surface area (Å²) >= 11 is 0. The minimum absolute atomic E-state index is 0.651. The highest BCUT2D eigenvalue weighted by atomic mass is 15.3. The van der Waals surface area contributed by atoms with E-state index >= 15 is 0 Å². The van der Waals surface area contributed by atoms with Crippen molar-refractivity contribution in [2.45, 2.75) is 27.3 Å². The van der Waals surface area contributed by atoms with Crippen LogP contribution in [0.15, 0.2) is 24.3 Å². The predicted molar refractivity (Wildman–Crippen MR) is 75.1 cm³/mol. The van der Waals surface area contributed by atoms with E-state index in [0.717, 1.165) is 30.2 Å². The fraction of sp³-hybridized carbons (Fsp3) is 0.333. The van der Waals surface area contributed by atoms with Crippen LogP contribution in [0.5, 0.6) is 0 Å². The van der Waals surface area contributed by atoms with Crippen LogP contribution in [0.4, 0.5) is 0 Å². The zero-order valence-corrected chi connectivity index (χ0v) is 11.6. The summed E-state index contributed by atoms with van der Waals surface area (Å²) in [5.74, 6) is 0. The molecule has 0 spiro atoms. The standard InChI is InChI=1S/C15H18N4/c1-4-17-10-15-11(2)18-19(12(15)3)14-7-5-6-13(8-14)9-16/h5-8,17H,4,10H2,1-3H3. The number of nitriles is 1. The van der Waals surface area contributed by atoms with E-state index in [1.165, 1.54) is 5.56 Å². The monoisotopic (exact) mass is 254 g/mol. The van der Waals surface area contributed by atoms with Crippen molar-refractivity contribution in [1.82, 2.24) is 15.1 Å². The van der Waals surface area contributed by atoms with E-state index in [-0.39, 0.29) is 0 Å². The summed E-state index contributed by atoms with van der Waals surface area (Å²) in [4.78, 5) is 0. The first kappa shape index (κ1) is 13.3. The van der Waals surface area contributed by atoms with Gasteiger partial charge in [-0.05, 0) is 38.6 Å². The number of rotatable bonds is 4. The molecule has 0 saturated heterocycles. The smallest absolute Gasteiger partial charge is 0.0992 e. The molecule has 0 saturated carbocycles. The number of aromatic nitrogens is 2. The Hall–Kier alpha value is -2.12. The summed E-state index contributed by atoms with van der Waals surface area (Å²) in [7, 11) is 0. The maximum Gasteiger partial charge on any atom is 0.0992 e. The van der Waals surface area contributed by atoms with Crippen LogP contribution in [0.25, 0.3) is 5.69 Å². The number of nitrogens with zero attached hydrogens (tertiary/aromatic N) is 3. The molecular weight excluding hydrogens is 236 g/mol. The molecular formula is C15H18N4. The van der Waals surface area contributed by atoms with Crippen molar-refractivity contribution in [2.75, 3.05) is 6.54 Å². The van der Waals surface area contributed by atoms with E-state index in [1.807, 2.05) is 29.8 Å². The van der Waals surface area contributed by atoms with Crippen LogP contribution >= 0.6 is 0 Å². The third-order valence-electron chi connectivity index (χ3n) is 3.21. The summed E-state index contributed by atoms with van der Waals surface area (Å²) in [6, 6.07) is 9.67. The topological polar surface area (TPSA) is 53.6 Å². The number of benzene rings is 1. The van der Waals surface area contributed by atoms with Crippen LogP contribution in [-0.2, 0) is 6.54 Å². The van der Waals surface area contributed by atoms with Crippen molar-refractivity contribution in [3.63, 3.8) is 0 Å².